The van der Waals surface area contributed by atoms with Gasteiger partial charge >= 0.3 is 200 Å². The Morgan fingerprint density at radius 1 is 0.641 bits per heavy atom. The summed E-state index contributed by atoms with van der Waals surface area (Å²) in [4.78, 5) is 0. The van der Waals surface area contributed by atoms with Crippen molar-refractivity contribution in [2.45, 2.75) is 85.0 Å². The molecule has 0 bridgehead atoms. The van der Waals surface area contributed by atoms with E-state index in [4.69, 9.17) is 7.49 Å². The van der Waals surface area contributed by atoms with E-state index >= 15 is 0 Å². The Bertz CT molecular complexity index is 1590. The first-order valence-electron chi connectivity index (χ1n) is 14.4. The van der Waals surface area contributed by atoms with E-state index in [0.717, 1.165) is 6.42 Å². The van der Waals surface area contributed by atoms with E-state index in [-0.39, 0.29) is 16.2 Å². The molecule has 4 aromatic carbocycles. The second kappa shape index (κ2) is 9.48. The zero-order chi connectivity index (χ0) is 28.3. The zero-order valence-electron chi connectivity index (χ0n) is 25.3. The second-order valence-electron chi connectivity index (χ2n) is 13.4. The monoisotopic (exact) mass is 509 g/mol. The van der Waals surface area contributed by atoms with Crippen LogP contribution in [-0.2, 0) is 16.2 Å². The Labute approximate surface area is 237 Å². The van der Waals surface area contributed by atoms with Crippen molar-refractivity contribution in [1.82, 2.24) is 0 Å². The summed E-state index contributed by atoms with van der Waals surface area (Å²) < 4.78 is 0. The van der Waals surface area contributed by atoms with Crippen molar-refractivity contribution in [2.24, 2.45) is 0 Å². The van der Waals surface area contributed by atoms with Gasteiger partial charge in [-0.05, 0) is 17.4 Å². The van der Waals surface area contributed by atoms with Crippen LogP contribution in [0, 0.1) is 13.8 Å². The van der Waals surface area contributed by atoms with Crippen molar-refractivity contribution in [1.29, 1.82) is 0 Å². The van der Waals surface area contributed by atoms with E-state index in [0.29, 0.717) is 0 Å². The van der Waals surface area contributed by atoms with Gasteiger partial charge in [-0.25, -0.2) is 0 Å². The molecule has 0 amide bonds. The molecule has 1 heteroatoms. The number of hydrogen-bond acceptors (Lipinski definition) is 0. The molecule has 0 spiro atoms. The number of hydrogen-bond donors (Lipinski definition) is 0. The minimum atomic E-state index is -0.317. The average molecular weight is 510 g/mol. The van der Waals surface area contributed by atoms with Crippen LogP contribution in [0.1, 0.15) is 88.3 Å². The first-order valence-corrected chi connectivity index (χ1v) is 14.4. The summed E-state index contributed by atoms with van der Waals surface area (Å²) in [6.07, 6.45) is 1.13. The van der Waals surface area contributed by atoms with Crippen molar-refractivity contribution in [2.75, 3.05) is 0 Å². The normalized spacial score (nSPS) is 16.6. The number of rotatable bonds is 5. The van der Waals surface area contributed by atoms with Crippen LogP contribution >= 0.6 is 0 Å². The summed E-state index contributed by atoms with van der Waals surface area (Å²) in [6.45, 7) is 20.5. The maximum absolute atomic E-state index is 6.39. The fourth-order valence-electron chi connectivity index (χ4n) is 6.12. The third-order valence-electron chi connectivity index (χ3n) is 9.39. The molecule has 1 unspecified atom stereocenters. The van der Waals surface area contributed by atoms with Crippen molar-refractivity contribution < 1.29 is 0 Å². The second-order valence-corrected chi connectivity index (χ2v) is 13.4. The van der Waals surface area contributed by atoms with Crippen LogP contribution in [0.2, 0.25) is 0 Å². The molecule has 0 aliphatic heterocycles. The van der Waals surface area contributed by atoms with Gasteiger partial charge in [-0.3, -0.25) is 0 Å². The molecule has 0 saturated carbocycles. The molecule has 0 N–H and O–H groups in total. The predicted octanol–water partition coefficient (Wildman–Crippen LogP) is 9.88. The van der Waals surface area contributed by atoms with Gasteiger partial charge in [0.05, 0.1) is 0 Å². The van der Waals surface area contributed by atoms with Crippen LogP contribution < -0.4 is 0 Å². The number of fused-ring (bicyclic) bond motifs is 3. The molecular weight excluding hydrogens is 467 g/mol. The third kappa shape index (κ3) is 4.55. The molecular formula is C38H42B. The molecule has 0 fully saturated rings. The number of aryl methyl sites for hydroxylation is 2. The van der Waals surface area contributed by atoms with E-state index in [2.05, 4.69) is 135 Å². The first kappa shape index (κ1) is 27.4. The number of benzene rings is 4. The molecule has 0 saturated heterocycles. The molecule has 0 aromatic heterocycles. The molecule has 1 aliphatic carbocycles. The molecule has 1 atom stereocenters. The Morgan fingerprint density at radius 3 is 1.67 bits per heavy atom. The summed E-state index contributed by atoms with van der Waals surface area (Å²) >= 11 is 0. The summed E-state index contributed by atoms with van der Waals surface area (Å²) in [5.74, 6) is 1.88. The fourth-order valence-corrected chi connectivity index (χ4v) is 6.12. The van der Waals surface area contributed by atoms with Gasteiger partial charge in [0.2, 0.25) is 0 Å². The van der Waals surface area contributed by atoms with Gasteiger partial charge in [-0.15, -0.1) is 0 Å². The van der Waals surface area contributed by atoms with Crippen molar-refractivity contribution in [3.63, 3.8) is 0 Å². The molecule has 1 aliphatic rings. The predicted molar refractivity (Wildman–Crippen MR) is 173 cm³/mol. The molecule has 0 heterocycles. The average Bonchev–Trinajstić information content (AvgIpc) is 3.16. The molecule has 5 rings (SSSR count). The van der Waals surface area contributed by atoms with Gasteiger partial charge in [-0.1, -0.05) is 20.8 Å². The zero-order valence-corrected chi connectivity index (χ0v) is 25.3. The summed E-state index contributed by atoms with van der Waals surface area (Å²) in [7, 11) is 6.39. The molecule has 4 aromatic rings. The van der Waals surface area contributed by atoms with Gasteiger partial charge in [0, 0.05) is 0 Å². The van der Waals surface area contributed by atoms with Crippen LogP contribution in [0.25, 0.3) is 33.4 Å². The van der Waals surface area contributed by atoms with Gasteiger partial charge in [-0.2, -0.15) is 0 Å². The topological polar surface area (TPSA) is 0 Å². The van der Waals surface area contributed by atoms with Gasteiger partial charge in [0.1, 0.15) is 0 Å². The van der Waals surface area contributed by atoms with Crippen molar-refractivity contribution >= 4 is 13.5 Å². The van der Waals surface area contributed by atoms with Crippen LogP contribution in [0.4, 0.5) is 0 Å². The first-order chi connectivity index (χ1) is 18.3. The minimum absolute atomic E-state index is 0.0919. The van der Waals surface area contributed by atoms with E-state index < -0.39 is 0 Å². The molecule has 197 valence electrons. The maximum atomic E-state index is 6.39. The Balaban J connectivity index is 1.54. The van der Waals surface area contributed by atoms with Gasteiger partial charge in [0.15, 0.2) is 0 Å². The van der Waals surface area contributed by atoms with Crippen LogP contribution in [0.15, 0.2) is 72.8 Å². The molecule has 39 heavy (non-hydrogen) atoms. The standard InChI is InChI=1S/C38H42B/c1-10-37(7,8)29-14-17-31(25(3)20-29)30-15-11-26(19-24(30)2)27-12-16-32-33-18-13-28(36(4,5)6)22-35(33)38(9,23-39)34(32)21-27/h11-23H,10H2,1-9H3. The van der Waals surface area contributed by atoms with E-state index in [9.17, 15) is 0 Å². The summed E-state index contributed by atoms with van der Waals surface area (Å²) in [6, 6.07) is 27.8. The fraction of sp³-hybridized carbons (Fsp3) is 0.342. The van der Waals surface area contributed by atoms with Crippen molar-refractivity contribution in [3.8, 4) is 33.4 Å². The molecule has 0 nitrogen and oxygen atoms in total. The van der Waals surface area contributed by atoms with E-state index in [1.54, 1.807) is 0 Å². The van der Waals surface area contributed by atoms with Gasteiger partial charge in [0.25, 0.3) is 0 Å². The Hall–Kier alpha value is -3.19. The Morgan fingerprint density at radius 2 is 1.13 bits per heavy atom. The summed E-state index contributed by atoms with van der Waals surface area (Å²) in [5, 5.41) is 0. The van der Waals surface area contributed by atoms with Gasteiger partial charge < -0.3 is 0 Å². The quantitative estimate of drug-likeness (QED) is 0.235. The SMILES string of the molecule is [B]=CC1(C)c2cc(-c3ccc(-c4ccc(C(C)(C)CC)cc4C)c(C)c3)ccc2-c2ccc(C(C)(C)C)cc21. The molecule has 1 radical (unpaired) electrons. The Kier molecular flexibility index (Phi) is 6.65. The van der Waals surface area contributed by atoms with Crippen LogP contribution in [0.3, 0.4) is 0 Å². The third-order valence-corrected chi connectivity index (χ3v) is 9.39. The van der Waals surface area contributed by atoms with E-state index in [1.807, 2.05) is 5.97 Å². The summed E-state index contributed by atoms with van der Waals surface area (Å²) in [5.41, 5.74) is 15.6. The van der Waals surface area contributed by atoms with Crippen LogP contribution in [0.5, 0.6) is 0 Å². The van der Waals surface area contributed by atoms with Crippen molar-refractivity contribution in [3.05, 3.63) is 106 Å². The van der Waals surface area contributed by atoms with E-state index in [1.165, 1.54) is 66.8 Å². The van der Waals surface area contributed by atoms with Crippen LogP contribution in [-0.4, -0.2) is 13.5 Å².